The summed E-state index contributed by atoms with van der Waals surface area (Å²) in [6.07, 6.45) is 2.69. The van der Waals surface area contributed by atoms with Crippen molar-refractivity contribution in [3.8, 4) is 0 Å². The van der Waals surface area contributed by atoms with Crippen LogP contribution < -0.4 is 4.90 Å². The van der Waals surface area contributed by atoms with Gasteiger partial charge in [0.05, 0.1) is 6.61 Å². The number of anilines is 1. The minimum Gasteiger partial charge on any atom is -0.392 e. The molecule has 1 aromatic rings. The Labute approximate surface area is 114 Å². The van der Waals surface area contributed by atoms with Crippen LogP contribution in [0.15, 0.2) is 12.1 Å². The number of rotatable bonds is 7. The van der Waals surface area contributed by atoms with E-state index in [-0.39, 0.29) is 23.9 Å². The summed E-state index contributed by atoms with van der Waals surface area (Å²) in [5.74, 6) is -1.19. The van der Waals surface area contributed by atoms with Crippen molar-refractivity contribution in [1.29, 1.82) is 0 Å². The maximum absolute atomic E-state index is 14.1. The van der Waals surface area contributed by atoms with Crippen LogP contribution in [0.4, 0.5) is 14.5 Å². The average molecular weight is 271 g/mol. The van der Waals surface area contributed by atoms with Crippen LogP contribution in [-0.2, 0) is 6.61 Å². The zero-order chi connectivity index (χ0) is 14.4. The first-order chi connectivity index (χ1) is 9.04. The van der Waals surface area contributed by atoms with Crippen LogP contribution in [-0.4, -0.2) is 17.7 Å². The monoisotopic (exact) mass is 271 g/mol. The van der Waals surface area contributed by atoms with Gasteiger partial charge in [0.15, 0.2) is 0 Å². The van der Waals surface area contributed by atoms with E-state index in [0.29, 0.717) is 6.54 Å². The number of unbranched alkanes of at least 4 members (excludes halogenated alkanes) is 1. The Morgan fingerprint density at radius 1 is 1.21 bits per heavy atom. The first kappa shape index (κ1) is 15.9. The van der Waals surface area contributed by atoms with Gasteiger partial charge in [0, 0.05) is 12.6 Å². The van der Waals surface area contributed by atoms with Gasteiger partial charge < -0.3 is 10.0 Å². The molecule has 1 rings (SSSR count). The molecule has 2 nitrogen and oxygen atoms in total. The number of aliphatic hydroxyl groups excluding tert-OH is 1. The van der Waals surface area contributed by atoms with Crippen molar-refractivity contribution in [1.82, 2.24) is 0 Å². The first-order valence-electron chi connectivity index (χ1n) is 6.90. The van der Waals surface area contributed by atoms with E-state index >= 15 is 0 Å². The van der Waals surface area contributed by atoms with E-state index in [2.05, 4.69) is 6.92 Å². The van der Waals surface area contributed by atoms with Crippen molar-refractivity contribution in [2.24, 2.45) is 0 Å². The molecule has 1 atom stereocenters. The predicted molar refractivity (Wildman–Crippen MR) is 74.3 cm³/mol. The lowest BCUT2D eigenvalue weighted by atomic mass is 10.1. The first-order valence-corrected chi connectivity index (χ1v) is 6.90. The predicted octanol–water partition coefficient (Wildman–Crippen LogP) is 3.86. The molecule has 0 spiro atoms. The van der Waals surface area contributed by atoms with Crippen LogP contribution in [0.1, 0.15) is 45.6 Å². The van der Waals surface area contributed by atoms with E-state index in [1.165, 1.54) is 12.1 Å². The molecule has 0 saturated heterocycles. The molecule has 0 aliphatic carbocycles. The normalized spacial score (nSPS) is 12.5. The molecule has 19 heavy (non-hydrogen) atoms. The Kier molecular flexibility index (Phi) is 6.22. The molecule has 0 fully saturated rings. The molecular weight excluding hydrogens is 248 g/mol. The van der Waals surface area contributed by atoms with E-state index in [1.54, 1.807) is 4.90 Å². The van der Waals surface area contributed by atoms with Crippen LogP contribution in [0.2, 0.25) is 0 Å². The molecule has 0 saturated carbocycles. The highest BCUT2D eigenvalue weighted by Crippen LogP contribution is 2.28. The zero-order valence-electron chi connectivity index (χ0n) is 11.9. The number of hydrogen-bond donors (Lipinski definition) is 1. The van der Waals surface area contributed by atoms with Crippen molar-refractivity contribution in [3.63, 3.8) is 0 Å². The second kappa shape index (κ2) is 7.43. The number of hydrogen-bond acceptors (Lipinski definition) is 2. The maximum atomic E-state index is 14.1. The van der Waals surface area contributed by atoms with Crippen LogP contribution >= 0.6 is 0 Å². The molecule has 0 radical (unpaired) electrons. The van der Waals surface area contributed by atoms with E-state index < -0.39 is 11.6 Å². The standard InChI is InChI=1S/C15H23F2NO/c1-4-6-7-18(11(3)5-2)15-13(16)8-12(10-19)9-14(15)17/h8-9,11,19H,4-7,10H2,1-3H3. The number of nitrogens with zero attached hydrogens (tertiary/aromatic N) is 1. The Morgan fingerprint density at radius 3 is 2.21 bits per heavy atom. The third kappa shape index (κ3) is 3.90. The second-order valence-electron chi connectivity index (χ2n) is 4.87. The summed E-state index contributed by atoms with van der Waals surface area (Å²) < 4.78 is 28.2. The lowest BCUT2D eigenvalue weighted by Gasteiger charge is -2.31. The van der Waals surface area contributed by atoms with Gasteiger partial charge in [0.1, 0.15) is 17.3 Å². The average Bonchev–Trinajstić information content (AvgIpc) is 2.40. The van der Waals surface area contributed by atoms with Crippen LogP contribution in [0.5, 0.6) is 0 Å². The van der Waals surface area contributed by atoms with Gasteiger partial charge in [-0.05, 0) is 37.5 Å². The van der Waals surface area contributed by atoms with Crippen LogP contribution in [0.3, 0.4) is 0 Å². The molecule has 0 aromatic heterocycles. The SMILES string of the molecule is CCCCN(c1c(F)cc(CO)cc1F)C(C)CC. The Morgan fingerprint density at radius 2 is 1.79 bits per heavy atom. The highest BCUT2D eigenvalue weighted by atomic mass is 19.1. The van der Waals surface area contributed by atoms with Gasteiger partial charge in [-0.3, -0.25) is 0 Å². The number of halogens is 2. The van der Waals surface area contributed by atoms with Gasteiger partial charge in [-0.15, -0.1) is 0 Å². The fourth-order valence-electron chi connectivity index (χ4n) is 2.09. The van der Waals surface area contributed by atoms with Gasteiger partial charge in [0.25, 0.3) is 0 Å². The minimum absolute atomic E-state index is 0.0278. The van der Waals surface area contributed by atoms with Gasteiger partial charge in [-0.25, -0.2) is 8.78 Å². The summed E-state index contributed by atoms with van der Waals surface area (Å²) in [4.78, 5) is 1.79. The molecule has 0 aliphatic rings. The van der Waals surface area contributed by atoms with Crippen LogP contribution in [0, 0.1) is 11.6 Å². The molecule has 0 aliphatic heterocycles. The molecule has 1 N–H and O–H groups in total. The fraction of sp³-hybridized carbons (Fsp3) is 0.600. The molecule has 1 aromatic carbocycles. The van der Waals surface area contributed by atoms with Crippen molar-refractivity contribution in [2.75, 3.05) is 11.4 Å². The lowest BCUT2D eigenvalue weighted by molar-refractivity contribution is 0.280. The fourth-order valence-corrected chi connectivity index (χ4v) is 2.09. The minimum atomic E-state index is -0.597. The summed E-state index contributed by atoms with van der Waals surface area (Å²) in [6.45, 7) is 6.30. The quantitative estimate of drug-likeness (QED) is 0.814. The molecule has 108 valence electrons. The molecular formula is C15H23F2NO. The maximum Gasteiger partial charge on any atom is 0.149 e. The van der Waals surface area contributed by atoms with E-state index in [0.717, 1.165) is 19.3 Å². The molecule has 1 unspecified atom stereocenters. The summed E-state index contributed by atoms with van der Waals surface area (Å²) >= 11 is 0. The van der Waals surface area contributed by atoms with E-state index in [1.807, 2.05) is 13.8 Å². The van der Waals surface area contributed by atoms with Gasteiger partial charge in [0.2, 0.25) is 0 Å². The second-order valence-corrected chi connectivity index (χ2v) is 4.87. The van der Waals surface area contributed by atoms with Crippen molar-refractivity contribution in [2.45, 2.75) is 52.7 Å². The summed E-state index contributed by atoms with van der Waals surface area (Å²) in [6, 6.07) is 2.50. The topological polar surface area (TPSA) is 23.5 Å². The highest BCUT2D eigenvalue weighted by Gasteiger charge is 2.21. The number of benzene rings is 1. The highest BCUT2D eigenvalue weighted by molar-refractivity contribution is 5.51. The van der Waals surface area contributed by atoms with Crippen molar-refractivity contribution >= 4 is 5.69 Å². The zero-order valence-corrected chi connectivity index (χ0v) is 11.9. The molecule has 0 heterocycles. The van der Waals surface area contributed by atoms with Crippen molar-refractivity contribution in [3.05, 3.63) is 29.3 Å². The lowest BCUT2D eigenvalue weighted by Crippen LogP contribution is -2.35. The van der Waals surface area contributed by atoms with Gasteiger partial charge in [-0.1, -0.05) is 20.3 Å². The number of aliphatic hydroxyl groups is 1. The van der Waals surface area contributed by atoms with Crippen LogP contribution in [0.25, 0.3) is 0 Å². The summed E-state index contributed by atoms with van der Waals surface area (Å²) in [5, 5.41) is 8.97. The summed E-state index contributed by atoms with van der Waals surface area (Å²) in [5.41, 5.74) is 0.290. The molecule has 4 heteroatoms. The van der Waals surface area contributed by atoms with Gasteiger partial charge in [-0.2, -0.15) is 0 Å². The third-order valence-corrected chi connectivity index (χ3v) is 3.42. The Bertz CT molecular complexity index is 386. The Balaban J connectivity index is 3.14. The van der Waals surface area contributed by atoms with Gasteiger partial charge >= 0.3 is 0 Å². The summed E-state index contributed by atoms with van der Waals surface area (Å²) in [7, 11) is 0. The third-order valence-electron chi connectivity index (χ3n) is 3.42. The van der Waals surface area contributed by atoms with Crippen molar-refractivity contribution < 1.29 is 13.9 Å². The molecule has 0 amide bonds. The largest absolute Gasteiger partial charge is 0.392 e. The van der Waals surface area contributed by atoms with E-state index in [9.17, 15) is 8.78 Å². The Hall–Kier alpha value is -1.16. The molecule has 0 bridgehead atoms. The smallest absolute Gasteiger partial charge is 0.149 e. The van der Waals surface area contributed by atoms with E-state index in [4.69, 9.17) is 5.11 Å².